The lowest BCUT2D eigenvalue weighted by Gasteiger charge is -2.18. The van der Waals surface area contributed by atoms with Gasteiger partial charge in [-0.1, -0.05) is 36.4 Å². The summed E-state index contributed by atoms with van der Waals surface area (Å²) in [7, 11) is -3.78. The first-order valence-electron chi connectivity index (χ1n) is 9.96. The van der Waals surface area contributed by atoms with Crippen LogP contribution in [0.25, 0.3) is 0 Å². The predicted molar refractivity (Wildman–Crippen MR) is 110 cm³/mol. The second-order valence-electron chi connectivity index (χ2n) is 7.43. The van der Waals surface area contributed by atoms with Crippen LogP contribution in [-0.2, 0) is 21.1 Å². The number of benzene rings is 2. The van der Waals surface area contributed by atoms with E-state index in [1.165, 1.54) is 6.07 Å². The number of hydroxylamine groups is 1. The highest BCUT2D eigenvalue weighted by atomic mass is 32.2. The third kappa shape index (κ3) is 5.81. The first-order valence-corrected chi connectivity index (χ1v) is 11.5. The summed E-state index contributed by atoms with van der Waals surface area (Å²) in [6, 6.07) is 16.0. The Morgan fingerprint density at radius 2 is 1.83 bits per heavy atom. The van der Waals surface area contributed by atoms with Gasteiger partial charge in [0.2, 0.25) is 5.91 Å². The highest BCUT2D eigenvalue weighted by Gasteiger charge is 2.30. The van der Waals surface area contributed by atoms with Gasteiger partial charge in [0.15, 0.2) is 9.84 Å². The molecule has 1 aliphatic rings. The molecule has 156 valence electrons. The number of sulfone groups is 1. The maximum absolute atomic E-state index is 13.3. The van der Waals surface area contributed by atoms with Gasteiger partial charge < -0.3 is 4.74 Å². The van der Waals surface area contributed by atoms with Crippen LogP contribution in [0.4, 0.5) is 0 Å². The Morgan fingerprint density at radius 3 is 2.52 bits per heavy atom. The zero-order valence-electron chi connectivity index (χ0n) is 16.3. The summed E-state index contributed by atoms with van der Waals surface area (Å²) < 4.78 is 32.5. The summed E-state index contributed by atoms with van der Waals surface area (Å²) in [4.78, 5) is 11.9. The van der Waals surface area contributed by atoms with Gasteiger partial charge in [0, 0.05) is 6.42 Å². The molecule has 3 rings (SSSR count). The third-order valence-electron chi connectivity index (χ3n) is 5.31. The molecule has 1 unspecified atom stereocenters. The molecule has 0 heterocycles. The minimum atomic E-state index is -3.78. The number of amides is 1. The molecular weight excluding hydrogens is 390 g/mol. The topological polar surface area (TPSA) is 92.7 Å². The molecule has 2 aromatic carbocycles. The maximum Gasteiger partial charge on any atom is 0.244 e. The van der Waals surface area contributed by atoms with Crippen molar-refractivity contribution >= 4 is 15.7 Å². The van der Waals surface area contributed by atoms with E-state index >= 15 is 0 Å². The number of carbonyl (C=O) groups excluding carboxylic acids is 1. The van der Waals surface area contributed by atoms with Crippen LogP contribution in [0.3, 0.4) is 0 Å². The Morgan fingerprint density at radius 1 is 1.10 bits per heavy atom. The zero-order valence-corrected chi connectivity index (χ0v) is 17.1. The summed E-state index contributed by atoms with van der Waals surface area (Å²) in [6.45, 7) is 0. The van der Waals surface area contributed by atoms with Crippen LogP contribution in [0.1, 0.15) is 44.1 Å². The molecule has 2 N–H and O–H groups in total. The van der Waals surface area contributed by atoms with Crippen LogP contribution in [0, 0.1) is 0 Å². The summed E-state index contributed by atoms with van der Waals surface area (Å²) >= 11 is 0. The van der Waals surface area contributed by atoms with Crippen molar-refractivity contribution in [3.8, 4) is 5.75 Å². The number of rotatable bonds is 9. The highest BCUT2D eigenvalue weighted by Crippen LogP contribution is 2.28. The highest BCUT2D eigenvalue weighted by molar-refractivity contribution is 7.92. The van der Waals surface area contributed by atoms with Gasteiger partial charge in [0.25, 0.3) is 0 Å². The number of ether oxygens (including phenoxy) is 1. The second-order valence-corrected chi connectivity index (χ2v) is 9.66. The summed E-state index contributed by atoms with van der Waals surface area (Å²) in [6.07, 6.45) is 4.82. The van der Waals surface area contributed by atoms with Gasteiger partial charge in [0.05, 0.1) is 16.2 Å². The smallest absolute Gasteiger partial charge is 0.244 e. The number of carbonyl (C=O) groups is 1. The fourth-order valence-corrected chi connectivity index (χ4v) is 5.44. The number of aryl methyl sites for hydroxylation is 1. The van der Waals surface area contributed by atoms with Gasteiger partial charge in [-0.05, 0) is 62.3 Å². The van der Waals surface area contributed by atoms with Gasteiger partial charge in [-0.3, -0.25) is 10.0 Å². The first-order chi connectivity index (χ1) is 14.0. The monoisotopic (exact) mass is 417 g/mol. The minimum Gasteiger partial charge on any atom is -0.490 e. The van der Waals surface area contributed by atoms with Crippen LogP contribution in [0.15, 0.2) is 59.5 Å². The van der Waals surface area contributed by atoms with Crippen molar-refractivity contribution in [2.75, 3.05) is 0 Å². The zero-order chi connectivity index (χ0) is 20.7. The molecule has 0 aliphatic heterocycles. The largest absolute Gasteiger partial charge is 0.490 e. The fraction of sp³-hybridized carbons (Fsp3) is 0.409. The van der Waals surface area contributed by atoms with Crippen molar-refractivity contribution in [3.05, 3.63) is 60.2 Å². The summed E-state index contributed by atoms with van der Waals surface area (Å²) in [5.74, 6) is -0.184. The van der Waals surface area contributed by atoms with E-state index in [0.29, 0.717) is 12.2 Å². The molecule has 0 aromatic heterocycles. The lowest BCUT2D eigenvalue weighted by atomic mass is 10.1. The summed E-state index contributed by atoms with van der Waals surface area (Å²) in [5.41, 5.74) is 2.54. The van der Waals surface area contributed by atoms with Crippen molar-refractivity contribution in [1.82, 2.24) is 5.48 Å². The number of nitrogens with one attached hydrogen (secondary N) is 1. The standard InChI is InChI=1S/C22H27NO5S/c24-22(23-25)16-21(14-13-17-7-2-1-3-8-17)29(26,27)20-12-6-11-19(15-20)28-18-9-4-5-10-18/h1-3,6-8,11-12,15,18,21,25H,4-5,9-10,13-14,16H2,(H,23,24). The molecule has 1 amide bonds. The van der Waals surface area contributed by atoms with E-state index in [0.717, 1.165) is 31.2 Å². The van der Waals surface area contributed by atoms with E-state index in [1.807, 2.05) is 30.3 Å². The van der Waals surface area contributed by atoms with Crippen molar-refractivity contribution in [2.24, 2.45) is 0 Å². The van der Waals surface area contributed by atoms with E-state index in [9.17, 15) is 13.2 Å². The van der Waals surface area contributed by atoms with E-state index in [2.05, 4.69) is 0 Å². The molecule has 0 spiro atoms. The fourth-order valence-electron chi connectivity index (χ4n) is 3.71. The van der Waals surface area contributed by atoms with Gasteiger partial charge in [-0.15, -0.1) is 0 Å². The Kier molecular flexibility index (Phi) is 7.28. The molecule has 0 saturated heterocycles. The van der Waals surface area contributed by atoms with E-state index < -0.39 is 21.0 Å². The molecule has 1 saturated carbocycles. The van der Waals surface area contributed by atoms with Crippen molar-refractivity contribution in [2.45, 2.75) is 61.2 Å². The molecule has 6 nitrogen and oxygen atoms in total. The molecule has 1 atom stereocenters. The van der Waals surface area contributed by atoms with Gasteiger partial charge in [0.1, 0.15) is 5.75 Å². The lowest BCUT2D eigenvalue weighted by Crippen LogP contribution is -2.30. The van der Waals surface area contributed by atoms with Crippen LogP contribution in [0.2, 0.25) is 0 Å². The van der Waals surface area contributed by atoms with Crippen LogP contribution >= 0.6 is 0 Å². The molecule has 29 heavy (non-hydrogen) atoms. The molecular formula is C22H27NO5S. The van der Waals surface area contributed by atoms with E-state index in [4.69, 9.17) is 9.94 Å². The van der Waals surface area contributed by atoms with Gasteiger partial charge >= 0.3 is 0 Å². The van der Waals surface area contributed by atoms with Gasteiger partial charge in [-0.25, -0.2) is 13.9 Å². The van der Waals surface area contributed by atoms with Crippen molar-refractivity contribution in [1.29, 1.82) is 0 Å². The Balaban J connectivity index is 1.79. The Labute approximate surface area is 171 Å². The SMILES string of the molecule is O=C(CC(CCc1ccccc1)S(=O)(=O)c1cccc(OC2CCCC2)c1)NO. The Bertz CT molecular complexity index is 908. The van der Waals surface area contributed by atoms with Crippen LogP contribution in [0.5, 0.6) is 5.75 Å². The molecule has 0 bridgehead atoms. The molecule has 0 radical (unpaired) electrons. The van der Waals surface area contributed by atoms with Crippen LogP contribution in [-0.4, -0.2) is 30.9 Å². The second kappa shape index (κ2) is 9.89. The first kappa shape index (κ1) is 21.3. The Hall–Kier alpha value is -2.38. The van der Waals surface area contributed by atoms with E-state index in [-0.39, 0.29) is 23.8 Å². The van der Waals surface area contributed by atoms with Gasteiger partial charge in [-0.2, -0.15) is 0 Å². The normalized spacial score (nSPS) is 15.8. The molecule has 1 fully saturated rings. The minimum absolute atomic E-state index is 0.127. The number of hydrogen-bond acceptors (Lipinski definition) is 5. The lowest BCUT2D eigenvalue weighted by molar-refractivity contribution is -0.129. The predicted octanol–water partition coefficient (Wildman–Crippen LogP) is 3.68. The molecule has 2 aromatic rings. The maximum atomic E-state index is 13.3. The van der Waals surface area contributed by atoms with Crippen molar-refractivity contribution < 1.29 is 23.2 Å². The van der Waals surface area contributed by atoms with Crippen LogP contribution < -0.4 is 10.2 Å². The average Bonchev–Trinajstić information content (AvgIpc) is 3.24. The quantitative estimate of drug-likeness (QED) is 0.480. The molecule has 7 heteroatoms. The molecule has 1 aliphatic carbocycles. The summed E-state index contributed by atoms with van der Waals surface area (Å²) in [5, 5.41) is 7.95. The van der Waals surface area contributed by atoms with E-state index in [1.54, 1.807) is 23.7 Å². The average molecular weight is 418 g/mol. The number of hydrogen-bond donors (Lipinski definition) is 2. The third-order valence-corrected chi connectivity index (χ3v) is 7.50. The van der Waals surface area contributed by atoms with Crippen molar-refractivity contribution in [3.63, 3.8) is 0 Å².